The van der Waals surface area contributed by atoms with Crippen LogP contribution in [0.1, 0.15) is 44.9 Å². The summed E-state index contributed by atoms with van der Waals surface area (Å²) in [5.41, 5.74) is 0. The summed E-state index contributed by atoms with van der Waals surface area (Å²) in [6, 6.07) is 0.272. The zero-order valence-electron chi connectivity index (χ0n) is 14.0. The summed E-state index contributed by atoms with van der Waals surface area (Å²) in [6.07, 6.45) is 6.11. The lowest BCUT2D eigenvalue weighted by atomic mass is 10.1. The molecule has 0 aromatic rings. The molecular formula is C17H26N2O5. The number of carboxylic acid groups (broad SMARTS) is 1. The largest absolute Gasteiger partial charge is 0.479 e. The standard InChI is InChI=1S/C17H26N2O5/c20-15-9-12(10-19(15)13-5-3-1-2-4-6-13)16(21)18-7-8-24-14(11-18)17(22)23/h12-14H,1-11H2,(H,22,23). The summed E-state index contributed by atoms with van der Waals surface area (Å²) in [5, 5.41) is 9.06. The van der Waals surface area contributed by atoms with Gasteiger partial charge >= 0.3 is 5.97 Å². The molecule has 0 radical (unpaired) electrons. The van der Waals surface area contributed by atoms with Crippen LogP contribution in [0.5, 0.6) is 0 Å². The van der Waals surface area contributed by atoms with Crippen molar-refractivity contribution < 1.29 is 24.2 Å². The maximum absolute atomic E-state index is 12.7. The van der Waals surface area contributed by atoms with Crippen LogP contribution in [0.2, 0.25) is 0 Å². The fourth-order valence-electron chi connectivity index (χ4n) is 4.08. The Bertz CT molecular complexity index is 501. The molecular weight excluding hydrogens is 312 g/mol. The first-order valence-corrected chi connectivity index (χ1v) is 8.99. The lowest BCUT2D eigenvalue weighted by Crippen LogP contribution is -2.50. The molecule has 134 valence electrons. The minimum atomic E-state index is -1.05. The second-order valence-electron chi connectivity index (χ2n) is 7.07. The number of carbonyl (C=O) groups excluding carboxylic acids is 2. The fourth-order valence-corrected chi connectivity index (χ4v) is 4.08. The van der Waals surface area contributed by atoms with Crippen molar-refractivity contribution in [2.45, 2.75) is 57.1 Å². The van der Waals surface area contributed by atoms with Gasteiger partial charge in [0.25, 0.3) is 0 Å². The summed E-state index contributed by atoms with van der Waals surface area (Å²) in [6.45, 7) is 1.19. The van der Waals surface area contributed by atoms with Crippen molar-refractivity contribution in [2.75, 3.05) is 26.2 Å². The van der Waals surface area contributed by atoms with Crippen molar-refractivity contribution in [3.63, 3.8) is 0 Å². The highest BCUT2D eigenvalue weighted by Crippen LogP contribution is 2.29. The van der Waals surface area contributed by atoms with Crippen LogP contribution in [0.3, 0.4) is 0 Å². The van der Waals surface area contributed by atoms with Gasteiger partial charge in [0.1, 0.15) is 0 Å². The third-order valence-electron chi connectivity index (χ3n) is 5.43. The van der Waals surface area contributed by atoms with Gasteiger partial charge in [0, 0.05) is 25.6 Å². The molecule has 1 N–H and O–H groups in total. The average molecular weight is 338 g/mol. The predicted octanol–water partition coefficient (Wildman–Crippen LogP) is 0.870. The monoisotopic (exact) mass is 338 g/mol. The van der Waals surface area contributed by atoms with E-state index in [1.54, 1.807) is 4.90 Å². The number of morpholine rings is 1. The van der Waals surface area contributed by atoms with Gasteiger partial charge in [0.2, 0.25) is 11.8 Å². The van der Waals surface area contributed by atoms with E-state index in [0.29, 0.717) is 13.1 Å². The first kappa shape index (κ1) is 17.2. The highest BCUT2D eigenvalue weighted by atomic mass is 16.5. The quantitative estimate of drug-likeness (QED) is 0.772. The van der Waals surface area contributed by atoms with Crippen molar-refractivity contribution in [3.05, 3.63) is 0 Å². The molecule has 2 unspecified atom stereocenters. The van der Waals surface area contributed by atoms with Gasteiger partial charge in [-0.15, -0.1) is 0 Å². The summed E-state index contributed by atoms with van der Waals surface area (Å²) >= 11 is 0. The SMILES string of the molecule is O=C(O)C1CN(C(=O)C2CC(=O)N(C3CCCCCC3)C2)CCO1. The molecule has 3 fully saturated rings. The number of rotatable bonds is 3. The molecule has 2 aliphatic heterocycles. The number of carbonyl (C=O) groups is 3. The van der Waals surface area contributed by atoms with Crippen LogP contribution in [0.15, 0.2) is 0 Å². The highest BCUT2D eigenvalue weighted by Gasteiger charge is 2.41. The van der Waals surface area contributed by atoms with Gasteiger partial charge in [0.05, 0.1) is 19.1 Å². The van der Waals surface area contributed by atoms with Gasteiger partial charge in [-0.25, -0.2) is 4.79 Å². The predicted molar refractivity (Wildman–Crippen MR) is 85.3 cm³/mol. The Kier molecular flexibility index (Phi) is 5.38. The van der Waals surface area contributed by atoms with Crippen LogP contribution in [-0.4, -0.2) is 71.1 Å². The number of likely N-dealkylation sites (tertiary alicyclic amines) is 1. The first-order valence-electron chi connectivity index (χ1n) is 8.99. The van der Waals surface area contributed by atoms with Crippen LogP contribution in [-0.2, 0) is 19.1 Å². The van der Waals surface area contributed by atoms with E-state index in [9.17, 15) is 14.4 Å². The number of hydrogen-bond acceptors (Lipinski definition) is 4. The Labute approximate surface area is 141 Å². The molecule has 7 heteroatoms. The number of amides is 2. The second kappa shape index (κ2) is 7.51. The molecule has 0 aromatic carbocycles. The number of nitrogens with zero attached hydrogens (tertiary/aromatic N) is 2. The maximum Gasteiger partial charge on any atom is 0.334 e. The first-order chi connectivity index (χ1) is 11.6. The van der Waals surface area contributed by atoms with Crippen molar-refractivity contribution >= 4 is 17.8 Å². The highest BCUT2D eigenvalue weighted by molar-refractivity contribution is 5.89. The second-order valence-corrected chi connectivity index (χ2v) is 7.07. The average Bonchev–Trinajstić information content (AvgIpc) is 2.80. The molecule has 1 aliphatic carbocycles. The minimum Gasteiger partial charge on any atom is -0.479 e. The van der Waals surface area contributed by atoms with E-state index in [1.165, 1.54) is 12.8 Å². The van der Waals surface area contributed by atoms with Gasteiger partial charge in [0.15, 0.2) is 6.10 Å². The van der Waals surface area contributed by atoms with E-state index < -0.39 is 12.1 Å². The van der Waals surface area contributed by atoms with E-state index >= 15 is 0 Å². The zero-order chi connectivity index (χ0) is 17.1. The molecule has 0 aromatic heterocycles. The molecule has 7 nitrogen and oxygen atoms in total. The van der Waals surface area contributed by atoms with Crippen LogP contribution in [0.4, 0.5) is 0 Å². The van der Waals surface area contributed by atoms with E-state index in [0.717, 1.165) is 25.7 Å². The van der Waals surface area contributed by atoms with Crippen molar-refractivity contribution in [1.82, 2.24) is 9.80 Å². The third-order valence-corrected chi connectivity index (χ3v) is 5.43. The number of aliphatic carboxylic acids is 1. The summed E-state index contributed by atoms with van der Waals surface area (Å²) in [5.74, 6) is -1.42. The Morgan fingerprint density at radius 1 is 1.08 bits per heavy atom. The van der Waals surface area contributed by atoms with Crippen molar-refractivity contribution in [1.29, 1.82) is 0 Å². The van der Waals surface area contributed by atoms with E-state index in [2.05, 4.69) is 0 Å². The molecule has 2 atom stereocenters. The molecule has 2 amide bonds. The molecule has 3 rings (SSSR count). The van der Waals surface area contributed by atoms with Crippen LogP contribution < -0.4 is 0 Å². The Morgan fingerprint density at radius 2 is 1.79 bits per heavy atom. The van der Waals surface area contributed by atoms with Gasteiger partial charge in [-0.1, -0.05) is 25.7 Å². The van der Waals surface area contributed by atoms with Crippen LogP contribution in [0, 0.1) is 5.92 Å². The van der Waals surface area contributed by atoms with Crippen molar-refractivity contribution in [3.8, 4) is 0 Å². The molecule has 0 bridgehead atoms. The summed E-state index contributed by atoms with van der Waals surface area (Å²) in [7, 11) is 0. The van der Waals surface area contributed by atoms with E-state index in [4.69, 9.17) is 9.84 Å². The van der Waals surface area contributed by atoms with Gasteiger partial charge < -0.3 is 19.6 Å². The number of hydrogen-bond donors (Lipinski definition) is 1. The normalized spacial score (nSPS) is 29.6. The molecule has 1 saturated carbocycles. The minimum absolute atomic E-state index is 0.0717. The van der Waals surface area contributed by atoms with Crippen molar-refractivity contribution in [2.24, 2.45) is 5.92 Å². The van der Waals surface area contributed by atoms with Crippen LogP contribution in [0.25, 0.3) is 0 Å². The fraction of sp³-hybridized carbons (Fsp3) is 0.824. The van der Waals surface area contributed by atoms with E-state index in [-0.39, 0.29) is 43.3 Å². The Morgan fingerprint density at radius 3 is 2.46 bits per heavy atom. The Hall–Kier alpha value is -1.63. The van der Waals surface area contributed by atoms with Gasteiger partial charge in [-0.2, -0.15) is 0 Å². The lowest BCUT2D eigenvalue weighted by molar-refractivity contribution is -0.160. The topological polar surface area (TPSA) is 87.2 Å². The van der Waals surface area contributed by atoms with E-state index in [1.807, 2.05) is 4.90 Å². The van der Waals surface area contributed by atoms with Gasteiger partial charge in [-0.3, -0.25) is 9.59 Å². The molecule has 2 saturated heterocycles. The Balaban J connectivity index is 1.60. The number of ether oxygens (including phenoxy) is 1. The molecule has 0 spiro atoms. The zero-order valence-corrected chi connectivity index (χ0v) is 14.0. The molecule has 3 aliphatic rings. The molecule has 2 heterocycles. The summed E-state index contributed by atoms with van der Waals surface area (Å²) < 4.78 is 5.16. The van der Waals surface area contributed by atoms with Crippen LogP contribution >= 0.6 is 0 Å². The smallest absolute Gasteiger partial charge is 0.334 e. The third kappa shape index (κ3) is 3.71. The maximum atomic E-state index is 12.7. The van der Waals surface area contributed by atoms with Gasteiger partial charge in [-0.05, 0) is 12.8 Å². The lowest BCUT2D eigenvalue weighted by Gasteiger charge is -2.33. The number of carboxylic acids is 1. The molecule has 24 heavy (non-hydrogen) atoms. The summed E-state index contributed by atoms with van der Waals surface area (Å²) in [4.78, 5) is 39.6.